The maximum Gasteiger partial charge on any atom is 0.265 e. The minimum Gasteiger partial charge on any atom is -0.296 e. The molecule has 0 unspecified atom stereocenters. The first-order valence-corrected chi connectivity index (χ1v) is 7.98. The third-order valence-electron chi connectivity index (χ3n) is 3.68. The molecular formula is C15H22BrN3O. The molecule has 0 saturated heterocycles. The predicted octanol–water partition coefficient (Wildman–Crippen LogP) is 2.82. The number of carbonyl (C=O) groups is 1. The van der Waals surface area contributed by atoms with Crippen molar-refractivity contribution in [3.8, 4) is 0 Å². The number of unbranched alkanes of at least 4 members (excludes halogenated alkanes) is 1. The first-order valence-electron chi connectivity index (χ1n) is 7.19. The molecule has 5 heteroatoms. The van der Waals surface area contributed by atoms with Crippen LogP contribution in [0.1, 0.15) is 48.5 Å². The molecule has 20 heavy (non-hydrogen) atoms. The molecule has 1 aliphatic carbocycles. The molecule has 1 aromatic rings. The Kier molecular flexibility index (Phi) is 5.57. The predicted molar refractivity (Wildman–Crippen MR) is 84.1 cm³/mol. The molecule has 1 amide bonds. The number of nitrogens with zero attached hydrogens (tertiary/aromatic N) is 1. The van der Waals surface area contributed by atoms with Crippen molar-refractivity contribution in [3.63, 3.8) is 0 Å². The Labute approximate surface area is 128 Å². The van der Waals surface area contributed by atoms with Gasteiger partial charge < -0.3 is 0 Å². The molecule has 0 aromatic heterocycles. The molecule has 1 fully saturated rings. The molecule has 110 valence electrons. The van der Waals surface area contributed by atoms with Gasteiger partial charge in [0.2, 0.25) is 0 Å². The van der Waals surface area contributed by atoms with Crippen molar-refractivity contribution in [1.29, 1.82) is 0 Å². The number of hydrogen-bond donors (Lipinski definition) is 2. The van der Waals surface area contributed by atoms with Crippen molar-refractivity contribution in [2.45, 2.75) is 45.2 Å². The van der Waals surface area contributed by atoms with E-state index in [1.807, 2.05) is 18.2 Å². The molecule has 1 aromatic carbocycles. The zero-order chi connectivity index (χ0) is 14.5. The zero-order valence-electron chi connectivity index (χ0n) is 11.9. The van der Waals surface area contributed by atoms with Gasteiger partial charge in [0.05, 0.1) is 0 Å². The SMILES string of the molecule is CCCCN(Cc1ccc(C(=O)NN)cc1Br)C1CC1. The number of carbonyl (C=O) groups excluding carboxylic acids is 1. The Morgan fingerprint density at radius 3 is 2.80 bits per heavy atom. The smallest absolute Gasteiger partial charge is 0.265 e. The van der Waals surface area contributed by atoms with E-state index in [0.29, 0.717) is 5.56 Å². The van der Waals surface area contributed by atoms with Gasteiger partial charge >= 0.3 is 0 Å². The van der Waals surface area contributed by atoms with Crippen LogP contribution in [-0.4, -0.2) is 23.4 Å². The maximum absolute atomic E-state index is 11.5. The van der Waals surface area contributed by atoms with E-state index in [2.05, 4.69) is 33.2 Å². The van der Waals surface area contributed by atoms with Crippen molar-refractivity contribution in [2.75, 3.05) is 6.54 Å². The van der Waals surface area contributed by atoms with Gasteiger partial charge in [-0.25, -0.2) is 5.84 Å². The van der Waals surface area contributed by atoms with Crippen molar-refractivity contribution < 1.29 is 4.79 Å². The average molecular weight is 340 g/mol. The van der Waals surface area contributed by atoms with E-state index in [-0.39, 0.29) is 5.91 Å². The van der Waals surface area contributed by atoms with Crippen LogP contribution in [-0.2, 0) is 6.54 Å². The highest BCUT2D eigenvalue weighted by atomic mass is 79.9. The van der Waals surface area contributed by atoms with Crippen LogP contribution >= 0.6 is 15.9 Å². The third kappa shape index (κ3) is 4.04. The molecule has 3 N–H and O–H groups in total. The van der Waals surface area contributed by atoms with Crippen LogP contribution in [0, 0.1) is 0 Å². The first-order chi connectivity index (χ1) is 9.65. The van der Waals surface area contributed by atoms with Crippen LogP contribution < -0.4 is 11.3 Å². The second-order valence-electron chi connectivity index (χ2n) is 5.33. The van der Waals surface area contributed by atoms with Crippen molar-refractivity contribution in [3.05, 3.63) is 33.8 Å². The van der Waals surface area contributed by atoms with Gasteiger partial charge in [-0.15, -0.1) is 0 Å². The van der Waals surface area contributed by atoms with Gasteiger partial charge in [-0.2, -0.15) is 0 Å². The van der Waals surface area contributed by atoms with E-state index in [1.165, 1.54) is 31.2 Å². The Balaban J connectivity index is 2.05. The van der Waals surface area contributed by atoms with Crippen molar-refractivity contribution >= 4 is 21.8 Å². The van der Waals surface area contributed by atoms with Gasteiger partial charge in [-0.05, 0) is 43.5 Å². The number of nitrogens with two attached hydrogens (primary N) is 1. The van der Waals surface area contributed by atoms with Gasteiger partial charge in [0.1, 0.15) is 0 Å². The number of rotatable bonds is 7. The van der Waals surface area contributed by atoms with E-state index in [1.54, 1.807) is 0 Å². The lowest BCUT2D eigenvalue weighted by atomic mass is 10.1. The fraction of sp³-hybridized carbons (Fsp3) is 0.533. The number of hydrazine groups is 1. The number of amides is 1. The minimum absolute atomic E-state index is 0.262. The second-order valence-corrected chi connectivity index (χ2v) is 6.19. The number of benzene rings is 1. The Bertz CT molecular complexity index is 474. The molecule has 0 radical (unpaired) electrons. The second kappa shape index (κ2) is 7.20. The molecule has 4 nitrogen and oxygen atoms in total. The fourth-order valence-corrected chi connectivity index (χ4v) is 2.81. The lowest BCUT2D eigenvalue weighted by Crippen LogP contribution is -2.30. The molecule has 1 saturated carbocycles. The summed E-state index contributed by atoms with van der Waals surface area (Å²) in [6.07, 6.45) is 5.09. The monoisotopic (exact) mass is 339 g/mol. The highest BCUT2D eigenvalue weighted by Gasteiger charge is 2.28. The van der Waals surface area contributed by atoms with Crippen LogP contribution in [0.4, 0.5) is 0 Å². The van der Waals surface area contributed by atoms with Crippen LogP contribution in [0.2, 0.25) is 0 Å². The summed E-state index contributed by atoms with van der Waals surface area (Å²) in [4.78, 5) is 14.0. The number of halogens is 1. The Morgan fingerprint density at radius 1 is 1.50 bits per heavy atom. The van der Waals surface area contributed by atoms with E-state index < -0.39 is 0 Å². The van der Waals surface area contributed by atoms with E-state index in [4.69, 9.17) is 5.84 Å². The quantitative estimate of drug-likeness (QED) is 0.456. The van der Waals surface area contributed by atoms with Crippen molar-refractivity contribution in [1.82, 2.24) is 10.3 Å². The summed E-state index contributed by atoms with van der Waals surface area (Å²) >= 11 is 3.56. The lowest BCUT2D eigenvalue weighted by Gasteiger charge is -2.22. The molecule has 0 spiro atoms. The summed E-state index contributed by atoms with van der Waals surface area (Å²) in [7, 11) is 0. The summed E-state index contributed by atoms with van der Waals surface area (Å²) in [6.45, 7) is 4.32. The van der Waals surface area contributed by atoms with Gasteiger partial charge in [0.15, 0.2) is 0 Å². The van der Waals surface area contributed by atoms with Crippen LogP contribution in [0.5, 0.6) is 0 Å². The molecule has 1 aliphatic rings. The lowest BCUT2D eigenvalue weighted by molar-refractivity contribution is 0.0953. The Morgan fingerprint density at radius 2 is 2.25 bits per heavy atom. The molecule has 0 bridgehead atoms. The summed E-state index contributed by atoms with van der Waals surface area (Å²) in [5.74, 6) is 4.89. The highest BCUT2D eigenvalue weighted by molar-refractivity contribution is 9.10. The molecule has 0 atom stereocenters. The van der Waals surface area contributed by atoms with Gasteiger partial charge in [-0.3, -0.25) is 15.1 Å². The topological polar surface area (TPSA) is 58.4 Å². The number of nitrogen functional groups attached to an aromatic ring is 1. The highest BCUT2D eigenvalue weighted by Crippen LogP contribution is 2.30. The maximum atomic E-state index is 11.5. The summed E-state index contributed by atoms with van der Waals surface area (Å²) in [5.41, 5.74) is 3.96. The van der Waals surface area contributed by atoms with E-state index in [9.17, 15) is 4.79 Å². The standard InChI is InChI=1S/C15H22BrN3O/c1-2-3-8-19(13-6-7-13)10-12-5-4-11(9-14(12)16)15(20)18-17/h4-5,9,13H,2-3,6-8,10,17H2,1H3,(H,18,20). The van der Waals surface area contributed by atoms with Gasteiger partial charge in [0.25, 0.3) is 5.91 Å². The molecule has 0 heterocycles. The normalized spacial score (nSPS) is 14.6. The summed E-state index contributed by atoms with van der Waals surface area (Å²) in [5, 5.41) is 0. The van der Waals surface area contributed by atoms with Crippen LogP contribution in [0.3, 0.4) is 0 Å². The molecular weight excluding hydrogens is 318 g/mol. The van der Waals surface area contributed by atoms with E-state index in [0.717, 1.165) is 23.6 Å². The molecule has 2 rings (SSSR count). The average Bonchev–Trinajstić information content (AvgIpc) is 3.28. The molecule has 0 aliphatic heterocycles. The van der Waals surface area contributed by atoms with Crippen molar-refractivity contribution in [2.24, 2.45) is 5.84 Å². The zero-order valence-corrected chi connectivity index (χ0v) is 13.4. The largest absolute Gasteiger partial charge is 0.296 e. The summed E-state index contributed by atoms with van der Waals surface area (Å²) < 4.78 is 0.973. The minimum atomic E-state index is -0.262. The first kappa shape index (κ1) is 15.5. The Hall–Kier alpha value is -0.910. The number of nitrogens with one attached hydrogen (secondary N) is 1. The van der Waals surface area contributed by atoms with Crippen LogP contribution in [0.15, 0.2) is 22.7 Å². The van der Waals surface area contributed by atoms with Gasteiger partial charge in [-0.1, -0.05) is 35.3 Å². The van der Waals surface area contributed by atoms with Crippen LogP contribution in [0.25, 0.3) is 0 Å². The summed E-state index contributed by atoms with van der Waals surface area (Å²) in [6, 6.07) is 6.42. The van der Waals surface area contributed by atoms with Gasteiger partial charge in [0, 0.05) is 22.6 Å². The number of hydrogen-bond acceptors (Lipinski definition) is 3. The van der Waals surface area contributed by atoms with E-state index >= 15 is 0 Å². The third-order valence-corrected chi connectivity index (χ3v) is 4.42. The fourth-order valence-electron chi connectivity index (χ4n) is 2.31.